The summed E-state index contributed by atoms with van der Waals surface area (Å²) in [5.74, 6) is 0.382. The number of halogens is 1. The molecule has 5 heteroatoms. The van der Waals surface area contributed by atoms with Crippen molar-refractivity contribution in [1.29, 1.82) is 0 Å². The SMILES string of the molecule is Cl.NC1=C[NH+](CCc2ccccc2)[N-]O1. The summed E-state index contributed by atoms with van der Waals surface area (Å²) in [6, 6.07) is 10.3. The summed E-state index contributed by atoms with van der Waals surface area (Å²) in [6.07, 6.45) is 2.73. The maximum atomic E-state index is 5.42. The minimum Gasteiger partial charge on any atom is -0.523 e. The van der Waals surface area contributed by atoms with Crippen molar-refractivity contribution in [3.8, 4) is 0 Å². The average molecular weight is 228 g/mol. The average Bonchev–Trinajstić information content (AvgIpc) is 2.63. The molecule has 1 aromatic rings. The Kier molecular flexibility index (Phi) is 4.42. The molecule has 4 nitrogen and oxygen atoms in total. The van der Waals surface area contributed by atoms with Crippen LogP contribution in [0, 0.1) is 0 Å². The smallest absolute Gasteiger partial charge is 0.227 e. The Hall–Kier alpha value is -1.23. The first-order valence-corrected chi connectivity index (χ1v) is 4.59. The van der Waals surface area contributed by atoms with Gasteiger partial charge in [0.05, 0.1) is 6.54 Å². The summed E-state index contributed by atoms with van der Waals surface area (Å²) in [6.45, 7) is 0.866. The first-order chi connectivity index (χ1) is 6.84. The second kappa shape index (κ2) is 5.60. The Morgan fingerprint density at radius 2 is 2.00 bits per heavy atom. The van der Waals surface area contributed by atoms with Crippen LogP contribution in [-0.4, -0.2) is 6.54 Å². The molecule has 0 spiro atoms. The summed E-state index contributed by atoms with van der Waals surface area (Å²) in [5.41, 5.74) is 10.5. The van der Waals surface area contributed by atoms with Gasteiger partial charge in [-0.3, -0.25) is 5.59 Å². The summed E-state index contributed by atoms with van der Waals surface area (Å²) >= 11 is 0. The van der Waals surface area contributed by atoms with Crippen LogP contribution in [0.4, 0.5) is 0 Å². The van der Waals surface area contributed by atoms with Gasteiger partial charge in [0.2, 0.25) is 5.88 Å². The lowest BCUT2D eigenvalue weighted by molar-refractivity contribution is -0.814. The van der Waals surface area contributed by atoms with Crippen molar-refractivity contribution in [2.24, 2.45) is 5.73 Å². The van der Waals surface area contributed by atoms with Gasteiger partial charge in [-0.15, -0.1) is 12.4 Å². The summed E-state index contributed by atoms with van der Waals surface area (Å²) in [7, 11) is 0. The quantitative estimate of drug-likeness (QED) is 0.792. The van der Waals surface area contributed by atoms with Gasteiger partial charge in [0.1, 0.15) is 6.20 Å². The molecule has 0 bridgehead atoms. The largest absolute Gasteiger partial charge is 0.523 e. The molecule has 1 atom stereocenters. The molecule has 1 unspecified atom stereocenters. The minimum atomic E-state index is 0. The molecular weight excluding hydrogens is 214 g/mol. The lowest BCUT2D eigenvalue weighted by atomic mass is 10.1. The minimum absolute atomic E-state index is 0. The number of nitrogens with two attached hydrogens (primary N) is 1. The molecule has 1 heterocycles. The number of quaternary nitrogens is 1. The van der Waals surface area contributed by atoms with Crippen LogP contribution in [0.3, 0.4) is 0 Å². The second-order valence-electron chi connectivity index (χ2n) is 3.21. The molecule has 0 fully saturated rings. The number of rotatable bonds is 3. The molecule has 0 amide bonds. The monoisotopic (exact) mass is 227 g/mol. The number of benzene rings is 1. The predicted molar refractivity (Wildman–Crippen MR) is 59.9 cm³/mol. The molecule has 0 radical (unpaired) electrons. The summed E-state index contributed by atoms with van der Waals surface area (Å²) in [5, 5.41) is 0.909. The Bertz CT molecular complexity index is 329. The zero-order valence-electron chi connectivity index (χ0n) is 8.22. The van der Waals surface area contributed by atoms with E-state index < -0.39 is 0 Å². The Morgan fingerprint density at radius 3 is 2.60 bits per heavy atom. The van der Waals surface area contributed by atoms with Crippen LogP contribution in [0.1, 0.15) is 5.56 Å². The zero-order chi connectivity index (χ0) is 9.80. The van der Waals surface area contributed by atoms with Crippen LogP contribution in [0.5, 0.6) is 0 Å². The van der Waals surface area contributed by atoms with E-state index in [1.165, 1.54) is 5.56 Å². The van der Waals surface area contributed by atoms with Crippen molar-refractivity contribution in [3.05, 3.63) is 53.6 Å². The van der Waals surface area contributed by atoms with Crippen LogP contribution in [0.15, 0.2) is 42.4 Å². The number of nitrogens with one attached hydrogen (secondary N) is 1. The molecule has 0 saturated heterocycles. The van der Waals surface area contributed by atoms with Crippen molar-refractivity contribution in [2.75, 3.05) is 6.54 Å². The van der Waals surface area contributed by atoms with E-state index in [9.17, 15) is 0 Å². The third-order valence-corrected chi connectivity index (χ3v) is 2.09. The van der Waals surface area contributed by atoms with Gasteiger partial charge in [-0.2, -0.15) is 0 Å². The van der Waals surface area contributed by atoms with Gasteiger partial charge in [-0.1, -0.05) is 30.3 Å². The Balaban J connectivity index is 0.00000112. The van der Waals surface area contributed by atoms with Crippen LogP contribution >= 0.6 is 12.4 Å². The van der Waals surface area contributed by atoms with E-state index >= 15 is 0 Å². The van der Waals surface area contributed by atoms with E-state index in [0.29, 0.717) is 5.88 Å². The van der Waals surface area contributed by atoms with Gasteiger partial charge < -0.3 is 15.6 Å². The van der Waals surface area contributed by atoms with Crippen LogP contribution in [0.2, 0.25) is 0 Å². The van der Waals surface area contributed by atoms with Crippen LogP contribution < -0.4 is 10.7 Å². The molecule has 82 valence electrons. The molecule has 2 rings (SSSR count). The predicted octanol–water partition coefficient (Wildman–Crippen LogP) is 0.527. The highest BCUT2D eigenvalue weighted by Crippen LogP contribution is 1.99. The first kappa shape index (κ1) is 11.8. The van der Waals surface area contributed by atoms with Crippen LogP contribution in [0.25, 0.3) is 5.59 Å². The fourth-order valence-electron chi connectivity index (χ4n) is 1.36. The molecule has 1 aliphatic heterocycles. The van der Waals surface area contributed by atoms with Gasteiger partial charge >= 0.3 is 0 Å². The number of hydrogen-bond donors (Lipinski definition) is 2. The zero-order valence-corrected chi connectivity index (χ0v) is 9.04. The van der Waals surface area contributed by atoms with E-state index in [1.807, 2.05) is 18.2 Å². The van der Waals surface area contributed by atoms with E-state index in [2.05, 4.69) is 17.7 Å². The normalized spacial score (nSPS) is 18.9. The second-order valence-corrected chi connectivity index (χ2v) is 3.21. The molecule has 0 aromatic heterocycles. The molecule has 1 aromatic carbocycles. The van der Waals surface area contributed by atoms with Crippen molar-refractivity contribution in [2.45, 2.75) is 6.42 Å². The van der Waals surface area contributed by atoms with E-state index in [4.69, 9.17) is 10.6 Å². The lowest BCUT2D eigenvalue weighted by Gasteiger charge is -2.19. The fourth-order valence-corrected chi connectivity index (χ4v) is 1.36. The first-order valence-electron chi connectivity index (χ1n) is 4.59. The third-order valence-electron chi connectivity index (χ3n) is 2.09. The fraction of sp³-hybridized carbons (Fsp3) is 0.200. The highest BCUT2D eigenvalue weighted by Gasteiger charge is 2.06. The maximum Gasteiger partial charge on any atom is 0.227 e. The van der Waals surface area contributed by atoms with Crippen LogP contribution in [-0.2, 0) is 11.3 Å². The standard InChI is InChI=1S/C10H13N3O.ClH/c11-10-8-13(12-14-10)7-6-9-4-2-1-3-5-9;/h1-5,8,13H,6-7,11H2;1H. The van der Waals surface area contributed by atoms with Gasteiger partial charge in [-0.25, -0.2) is 0 Å². The highest BCUT2D eigenvalue weighted by atomic mass is 35.5. The Morgan fingerprint density at radius 1 is 1.27 bits per heavy atom. The van der Waals surface area contributed by atoms with E-state index in [-0.39, 0.29) is 12.4 Å². The van der Waals surface area contributed by atoms with Gasteiger partial charge in [-0.05, 0) is 5.56 Å². The molecule has 15 heavy (non-hydrogen) atoms. The van der Waals surface area contributed by atoms with Gasteiger partial charge in [0.25, 0.3) is 0 Å². The van der Waals surface area contributed by atoms with Crippen molar-refractivity contribution in [3.63, 3.8) is 0 Å². The lowest BCUT2D eigenvalue weighted by Crippen LogP contribution is -3.02. The summed E-state index contributed by atoms with van der Waals surface area (Å²) in [4.78, 5) is 4.78. The van der Waals surface area contributed by atoms with Crippen molar-refractivity contribution >= 4 is 12.4 Å². The molecular formula is C10H14ClN3O. The summed E-state index contributed by atoms with van der Waals surface area (Å²) < 4.78 is 0. The van der Waals surface area contributed by atoms with Crippen molar-refractivity contribution < 1.29 is 9.85 Å². The van der Waals surface area contributed by atoms with E-state index in [1.54, 1.807) is 6.20 Å². The molecule has 1 aliphatic rings. The van der Waals surface area contributed by atoms with Gasteiger partial charge in [0, 0.05) is 6.42 Å². The Labute approximate surface area is 95.0 Å². The topological polar surface area (TPSA) is 53.8 Å². The number of hydrogen-bond acceptors (Lipinski definition) is 2. The maximum absolute atomic E-state index is 5.42. The van der Waals surface area contributed by atoms with Gasteiger partial charge in [0.15, 0.2) is 0 Å². The third kappa shape index (κ3) is 3.43. The molecule has 3 N–H and O–H groups in total. The highest BCUT2D eigenvalue weighted by molar-refractivity contribution is 5.85. The number of nitrogens with zero attached hydrogens (tertiary/aromatic N) is 1. The van der Waals surface area contributed by atoms with Crippen molar-refractivity contribution in [1.82, 2.24) is 0 Å². The molecule has 0 aliphatic carbocycles. The van der Waals surface area contributed by atoms with E-state index in [0.717, 1.165) is 18.0 Å². The molecule has 0 saturated carbocycles.